The summed E-state index contributed by atoms with van der Waals surface area (Å²) in [6, 6.07) is 39.0. The van der Waals surface area contributed by atoms with Crippen LogP contribution in [0.25, 0.3) is 33.7 Å². The average molecular weight is 845 g/mol. The maximum atomic E-state index is 2.70. The van der Waals surface area contributed by atoms with Crippen molar-refractivity contribution in [3.8, 4) is 0 Å². The second kappa shape index (κ2) is 12.3. The maximum Gasteiger partial charge on any atom is -1.00 e. The Morgan fingerprint density at radius 1 is 0.533 bits per heavy atom. The monoisotopic (exact) mass is 846 g/mol. The minimum atomic E-state index is -2.76. The first kappa shape index (κ1) is 30.7. The van der Waals surface area contributed by atoms with Crippen molar-refractivity contribution >= 4 is 48.1 Å². The number of allylic oxidation sites excluding steroid dienone is 10. The Hall–Kier alpha value is -2.95. The fourth-order valence-corrected chi connectivity index (χ4v) is 49.5. The van der Waals surface area contributed by atoms with Crippen molar-refractivity contribution in [2.75, 3.05) is 0 Å². The van der Waals surface area contributed by atoms with Gasteiger partial charge in [0.15, 0.2) is 0 Å². The Bertz CT molecular complexity index is 2110. The standard InChI is InChI=1S/2C17H11.C7H8Ge.2ClH.Hf/c2*1-2-6-14-12(4-1)8-10-17-15-7-3-5-13(15)9-11-16(14)17;1-8-7-5-3-2-4-6-7;;;/h2*1-8,10-11,15H;2-6H,1H3;2*1H;/q;;;;;+2/p-2. The zero-order chi connectivity index (χ0) is 28.5. The van der Waals surface area contributed by atoms with Crippen LogP contribution >= 0.6 is 0 Å². The smallest absolute Gasteiger partial charge is 1.00 e. The molecular formula is C41H30Cl2GeHf. The fourth-order valence-electron chi connectivity index (χ4n) is 7.77. The molecule has 0 nitrogen and oxygen atoms in total. The topological polar surface area (TPSA) is 0 Å². The van der Waals surface area contributed by atoms with Crippen molar-refractivity contribution in [3.05, 3.63) is 180 Å². The van der Waals surface area contributed by atoms with Crippen LogP contribution in [0.2, 0.25) is 5.76 Å². The van der Waals surface area contributed by atoms with E-state index in [1.54, 1.807) is 22.2 Å². The number of halogens is 2. The van der Waals surface area contributed by atoms with E-state index in [0.717, 1.165) is 0 Å². The van der Waals surface area contributed by atoms with Gasteiger partial charge in [0.05, 0.1) is 0 Å². The van der Waals surface area contributed by atoms with Gasteiger partial charge >= 0.3 is 264 Å². The summed E-state index contributed by atoms with van der Waals surface area (Å²) in [6.07, 6.45) is 19.9. The number of rotatable bonds is 3. The molecule has 5 aromatic rings. The SMILES string of the molecule is [CH3][Ge]([c]1ccccc1)=[Hf+2]([C]1=Cc2c(ccc3ccccc23)C2C=CC=C12)[C]1=Cc2c(ccc3ccccc23)C2C=CC=C12.[Cl-].[Cl-]. The molecule has 216 valence electrons. The van der Waals surface area contributed by atoms with Gasteiger partial charge in [-0.15, -0.1) is 0 Å². The number of benzene rings is 5. The quantitative estimate of drug-likeness (QED) is 0.244. The van der Waals surface area contributed by atoms with Gasteiger partial charge in [0.2, 0.25) is 0 Å². The number of hydrogen-bond donors (Lipinski definition) is 0. The van der Waals surface area contributed by atoms with E-state index in [4.69, 9.17) is 0 Å². The Labute approximate surface area is 286 Å². The summed E-state index contributed by atoms with van der Waals surface area (Å²) in [5, 5.41) is 5.48. The van der Waals surface area contributed by atoms with Crippen molar-refractivity contribution in [1.82, 2.24) is 0 Å². The van der Waals surface area contributed by atoms with E-state index < -0.39 is 28.4 Å². The van der Waals surface area contributed by atoms with E-state index in [1.807, 2.05) is 0 Å². The molecule has 0 radical (unpaired) electrons. The third-order valence-corrected chi connectivity index (χ3v) is 49.5. The van der Waals surface area contributed by atoms with Gasteiger partial charge in [0.1, 0.15) is 0 Å². The molecule has 0 spiro atoms. The van der Waals surface area contributed by atoms with E-state index in [9.17, 15) is 0 Å². The molecule has 0 saturated carbocycles. The van der Waals surface area contributed by atoms with Gasteiger partial charge in [-0.2, -0.15) is 0 Å². The summed E-state index contributed by atoms with van der Waals surface area (Å²) in [7, 11) is -1.71. The Morgan fingerprint density at radius 2 is 1.00 bits per heavy atom. The van der Waals surface area contributed by atoms with Crippen LogP contribution in [0.15, 0.2) is 157 Å². The second-order valence-electron chi connectivity index (χ2n) is 12.0. The van der Waals surface area contributed by atoms with E-state index >= 15 is 0 Å². The van der Waals surface area contributed by atoms with Gasteiger partial charge in [-0.25, -0.2) is 0 Å². The minimum absolute atomic E-state index is 0. The van der Waals surface area contributed by atoms with Crippen molar-refractivity contribution in [1.29, 1.82) is 0 Å². The Morgan fingerprint density at radius 3 is 1.51 bits per heavy atom. The first-order valence-electron chi connectivity index (χ1n) is 15.3. The van der Waals surface area contributed by atoms with Gasteiger partial charge in [-0.1, -0.05) is 0 Å². The largest absolute Gasteiger partial charge is 1.00 e. The van der Waals surface area contributed by atoms with E-state index in [0.29, 0.717) is 11.8 Å². The van der Waals surface area contributed by atoms with E-state index in [2.05, 4.69) is 157 Å². The second-order valence-corrected chi connectivity index (χ2v) is 45.0. The van der Waals surface area contributed by atoms with Crippen LogP contribution in [0.3, 0.4) is 0 Å². The molecule has 2 unspecified atom stereocenters. The van der Waals surface area contributed by atoms with Crippen LogP contribution in [0, 0.1) is 0 Å². The van der Waals surface area contributed by atoms with Gasteiger partial charge in [0, 0.05) is 0 Å². The molecule has 0 aliphatic heterocycles. The van der Waals surface area contributed by atoms with Crippen LogP contribution in [0.4, 0.5) is 0 Å². The summed E-state index contributed by atoms with van der Waals surface area (Å²) in [5.41, 5.74) is 9.03. The fraction of sp³-hybridized carbons (Fsp3) is 0.0732. The predicted octanol–water partition coefficient (Wildman–Crippen LogP) is 3.72. The third-order valence-electron chi connectivity index (χ3n) is 9.83. The van der Waals surface area contributed by atoms with Crippen LogP contribution in [-0.2, 0) is 18.3 Å². The maximum absolute atomic E-state index is 2.76. The molecule has 5 aromatic carbocycles. The summed E-state index contributed by atoms with van der Waals surface area (Å²) in [5.74, 6) is 3.43. The molecule has 0 bridgehead atoms. The molecule has 0 amide bonds. The predicted molar refractivity (Wildman–Crippen MR) is 181 cm³/mol. The minimum Gasteiger partial charge on any atom is -1.00 e. The van der Waals surface area contributed by atoms with E-state index in [1.165, 1.54) is 43.8 Å². The first-order chi connectivity index (χ1) is 21.3. The zero-order valence-electron chi connectivity index (χ0n) is 24.8. The van der Waals surface area contributed by atoms with Crippen LogP contribution in [0.5, 0.6) is 0 Å². The van der Waals surface area contributed by atoms with E-state index in [-0.39, 0.29) is 24.8 Å². The van der Waals surface area contributed by atoms with Crippen molar-refractivity contribution in [3.63, 3.8) is 0 Å². The molecule has 0 heterocycles. The summed E-state index contributed by atoms with van der Waals surface area (Å²) >= 11 is -2.76. The Balaban J connectivity index is 0.00000163. The molecule has 4 heteroatoms. The van der Waals surface area contributed by atoms with Crippen molar-refractivity contribution < 1.29 is 43.2 Å². The van der Waals surface area contributed by atoms with Gasteiger partial charge in [-0.05, 0) is 0 Å². The first-order valence-corrected chi connectivity index (χ1v) is 32.4. The summed E-state index contributed by atoms with van der Waals surface area (Å²) in [6.45, 7) is 0. The number of fused-ring (bicyclic) bond motifs is 10. The molecule has 0 saturated heterocycles. The molecule has 0 N–H and O–H groups in total. The van der Waals surface area contributed by atoms with Crippen molar-refractivity contribution in [2.45, 2.75) is 17.6 Å². The normalized spacial score (nSPS) is 18.1. The third kappa shape index (κ3) is 4.90. The summed E-state index contributed by atoms with van der Waals surface area (Å²) < 4.78 is 5.13. The average Bonchev–Trinajstić information content (AvgIpc) is 3.76. The zero-order valence-corrected chi connectivity index (χ0v) is 32.0. The van der Waals surface area contributed by atoms with Crippen LogP contribution in [0.1, 0.15) is 34.1 Å². The van der Waals surface area contributed by atoms with Gasteiger partial charge < -0.3 is 24.8 Å². The van der Waals surface area contributed by atoms with Crippen LogP contribution in [-0.4, -0.2) is 10.1 Å². The molecule has 0 aromatic heterocycles. The number of hydrogen-bond acceptors (Lipinski definition) is 0. The summed E-state index contributed by atoms with van der Waals surface area (Å²) in [4.78, 5) is 0. The van der Waals surface area contributed by atoms with Crippen LogP contribution < -0.4 is 29.2 Å². The Kier molecular flexibility index (Phi) is 8.42. The molecule has 45 heavy (non-hydrogen) atoms. The van der Waals surface area contributed by atoms with Gasteiger partial charge in [0.25, 0.3) is 0 Å². The van der Waals surface area contributed by atoms with Crippen molar-refractivity contribution in [2.24, 2.45) is 0 Å². The molecule has 4 aliphatic carbocycles. The molecular weight excluding hydrogens is 814 g/mol. The molecule has 9 rings (SSSR count). The molecule has 2 atom stereocenters. The molecule has 0 fully saturated rings. The molecule has 4 aliphatic rings. The van der Waals surface area contributed by atoms with Gasteiger partial charge in [-0.3, -0.25) is 0 Å².